The summed E-state index contributed by atoms with van der Waals surface area (Å²) < 4.78 is 0. The van der Waals surface area contributed by atoms with Crippen molar-refractivity contribution in [2.24, 2.45) is 0 Å². The number of rotatable bonds is 2. The van der Waals surface area contributed by atoms with E-state index in [-0.39, 0.29) is 5.56 Å². The predicted octanol–water partition coefficient (Wildman–Crippen LogP) is 1.44. The van der Waals surface area contributed by atoms with E-state index >= 15 is 0 Å². The van der Waals surface area contributed by atoms with Gasteiger partial charge in [-0.2, -0.15) is 0 Å². The fourth-order valence-electron chi connectivity index (χ4n) is 1.30. The number of aryl methyl sites for hydroxylation is 2. The molecule has 0 fully saturated rings. The molecule has 1 rings (SSSR count). The van der Waals surface area contributed by atoms with Gasteiger partial charge in [-0.15, -0.1) is 0 Å². The Morgan fingerprint density at radius 1 is 1.54 bits per heavy atom. The summed E-state index contributed by atoms with van der Waals surface area (Å²) >= 11 is 0. The molecule has 0 saturated heterocycles. The van der Waals surface area contributed by atoms with E-state index in [1.54, 1.807) is 20.0 Å². The zero-order valence-electron chi connectivity index (χ0n) is 7.88. The minimum atomic E-state index is -0.950. The fraction of sp³-hybridized carbons (Fsp3) is 0.333. The molecule has 2 N–H and O–H groups in total. The van der Waals surface area contributed by atoms with Crippen LogP contribution >= 0.6 is 0 Å². The number of anilines is 1. The molecule has 4 heteroatoms. The van der Waals surface area contributed by atoms with E-state index < -0.39 is 5.97 Å². The van der Waals surface area contributed by atoms with Crippen LogP contribution in [0.1, 0.15) is 21.7 Å². The molecule has 0 aromatic carbocycles. The third kappa shape index (κ3) is 1.77. The van der Waals surface area contributed by atoms with Gasteiger partial charge in [0, 0.05) is 12.7 Å². The molecule has 0 aliphatic carbocycles. The molecule has 0 aliphatic rings. The van der Waals surface area contributed by atoms with E-state index in [2.05, 4.69) is 10.3 Å². The maximum atomic E-state index is 10.8. The van der Waals surface area contributed by atoms with Crippen molar-refractivity contribution in [3.05, 3.63) is 23.0 Å². The van der Waals surface area contributed by atoms with Gasteiger partial charge in [-0.05, 0) is 19.9 Å². The second-order valence-electron chi connectivity index (χ2n) is 2.83. The van der Waals surface area contributed by atoms with Crippen LogP contribution in [0.4, 0.5) is 5.69 Å². The van der Waals surface area contributed by atoms with Crippen LogP contribution in [-0.2, 0) is 0 Å². The Balaban J connectivity index is 3.38. The molecule has 0 atom stereocenters. The molecule has 0 radical (unpaired) electrons. The van der Waals surface area contributed by atoms with Crippen LogP contribution in [0.5, 0.6) is 0 Å². The van der Waals surface area contributed by atoms with Crippen molar-refractivity contribution in [1.29, 1.82) is 0 Å². The summed E-state index contributed by atoms with van der Waals surface area (Å²) in [4.78, 5) is 14.9. The topological polar surface area (TPSA) is 62.2 Å². The summed E-state index contributed by atoms with van der Waals surface area (Å²) in [5.41, 5.74) is 2.20. The van der Waals surface area contributed by atoms with Gasteiger partial charge in [0.1, 0.15) is 5.56 Å². The number of carbonyl (C=O) groups is 1. The highest BCUT2D eigenvalue weighted by atomic mass is 16.4. The van der Waals surface area contributed by atoms with Crippen LogP contribution in [0.2, 0.25) is 0 Å². The van der Waals surface area contributed by atoms with Crippen molar-refractivity contribution in [2.75, 3.05) is 12.4 Å². The van der Waals surface area contributed by atoms with Gasteiger partial charge in [-0.25, -0.2) is 4.79 Å². The normalized spacial score (nSPS) is 9.77. The zero-order chi connectivity index (χ0) is 10.0. The first-order valence-corrected chi connectivity index (χ1v) is 3.95. The van der Waals surface area contributed by atoms with Gasteiger partial charge in [0.15, 0.2) is 0 Å². The minimum absolute atomic E-state index is 0.244. The summed E-state index contributed by atoms with van der Waals surface area (Å²) in [5.74, 6) is -0.950. The number of nitrogens with one attached hydrogen (secondary N) is 1. The number of nitrogens with zero attached hydrogens (tertiary/aromatic N) is 1. The summed E-state index contributed by atoms with van der Waals surface area (Å²) in [6.45, 7) is 3.52. The van der Waals surface area contributed by atoms with Crippen molar-refractivity contribution in [3.63, 3.8) is 0 Å². The molecule has 0 spiro atoms. The smallest absolute Gasteiger partial charge is 0.339 e. The first-order valence-electron chi connectivity index (χ1n) is 3.95. The maximum absolute atomic E-state index is 10.8. The minimum Gasteiger partial charge on any atom is -0.478 e. The highest BCUT2D eigenvalue weighted by molar-refractivity contribution is 5.95. The Morgan fingerprint density at radius 2 is 2.15 bits per heavy atom. The number of aromatic carboxylic acids is 1. The zero-order valence-corrected chi connectivity index (χ0v) is 7.88. The molecule has 1 aromatic rings. The average Bonchev–Trinajstić information content (AvgIpc) is 2.01. The number of carboxylic acid groups (broad SMARTS) is 1. The van der Waals surface area contributed by atoms with Gasteiger partial charge in [0.2, 0.25) is 0 Å². The largest absolute Gasteiger partial charge is 0.478 e. The number of aromatic nitrogens is 1. The Labute approximate surface area is 76.6 Å². The number of carboxylic acids is 1. The Morgan fingerprint density at radius 3 is 2.62 bits per heavy atom. The van der Waals surface area contributed by atoms with Gasteiger partial charge < -0.3 is 10.4 Å². The van der Waals surface area contributed by atoms with E-state index in [0.29, 0.717) is 11.4 Å². The lowest BCUT2D eigenvalue weighted by atomic mass is 10.1. The van der Waals surface area contributed by atoms with E-state index in [0.717, 1.165) is 5.69 Å². The molecule has 0 bridgehead atoms. The molecule has 70 valence electrons. The van der Waals surface area contributed by atoms with Crippen molar-refractivity contribution in [1.82, 2.24) is 4.98 Å². The summed E-state index contributed by atoms with van der Waals surface area (Å²) in [6, 6.07) is 1.72. The number of hydrogen-bond donors (Lipinski definition) is 2. The predicted molar refractivity (Wildman–Crippen MR) is 50.2 cm³/mol. The van der Waals surface area contributed by atoms with Gasteiger partial charge in [-0.1, -0.05) is 0 Å². The second kappa shape index (κ2) is 3.43. The first kappa shape index (κ1) is 9.51. The van der Waals surface area contributed by atoms with Crippen molar-refractivity contribution < 1.29 is 9.90 Å². The van der Waals surface area contributed by atoms with Gasteiger partial charge in [0.05, 0.1) is 11.4 Å². The molecule has 0 saturated carbocycles. The van der Waals surface area contributed by atoms with Crippen LogP contribution in [-0.4, -0.2) is 23.1 Å². The van der Waals surface area contributed by atoms with Crippen molar-refractivity contribution in [2.45, 2.75) is 13.8 Å². The van der Waals surface area contributed by atoms with E-state index in [1.807, 2.05) is 6.92 Å². The van der Waals surface area contributed by atoms with Crippen LogP contribution in [0.25, 0.3) is 0 Å². The molecular formula is C9H12N2O2. The quantitative estimate of drug-likeness (QED) is 0.722. The molecule has 1 aromatic heterocycles. The Kier molecular flexibility index (Phi) is 2.51. The lowest BCUT2D eigenvalue weighted by molar-refractivity contribution is 0.0696. The fourth-order valence-corrected chi connectivity index (χ4v) is 1.30. The standard InChI is InChI=1S/C9H12N2O2/c1-5-4-7(10-3)8(9(12)13)6(2)11-5/h4H,1-3H3,(H,10,11)(H,12,13). The Bertz CT molecular complexity index is 348. The SMILES string of the molecule is CNc1cc(C)nc(C)c1C(=O)O. The molecule has 0 unspecified atom stereocenters. The monoisotopic (exact) mass is 180 g/mol. The highest BCUT2D eigenvalue weighted by Gasteiger charge is 2.13. The van der Waals surface area contributed by atoms with Crippen molar-refractivity contribution >= 4 is 11.7 Å². The molecule has 1 heterocycles. The average molecular weight is 180 g/mol. The number of pyridine rings is 1. The molecule has 4 nitrogen and oxygen atoms in total. The number of hydrogen-bond acceptors (Lipinski definition) is 3. The van der Waals surface area contributed by atoms with Crippen LogP contribution < -0.4 is 5.32 Å². The summed E-state index contributed by atoms with van der Waals surface area (Å²) in [6.07, 6.45) is 0. The summed E-state index contributed by atoms with van der Waals surface area (Å²) in [5, 5.41) is 11.7. The van der Waals surface area contributed by atoms with Gasteiger partial charge >= 0.3 is 5.97 Å². The van der Waals surface area contributed by atoms with E-state index in [4.69, 9.17) is 5.11 Å². The van der Waals surface area contributed by atoms with Crippen LogP contribution in [0.3, 0.4) is 0 Å². The van der Waals surface area contributed by atoms with Crippen molar-refractivity contribution in [3.8, 4) is 0 Å². The lowest BCUT2D eigenvalue weighted by Gasteiger charge is -2.08. The van der Waals surface area contributed by atoms with Crippen LogP contribution in [0, 0.1) is 13.8 Å². The summed E-state index contributed by atoms with van der Waals surface area (Å²) in [7, 11) is 1.70. The van der Waals surface area contributed by atoms with E-state index in [1.165, 1.54) is 0 Å². The lowest BCUT2D eigenvalue weighted by Crippen LogP contribution is -2.07. The molecule has 13 heavy (non-hydrogen) atoms. The highest BCUT2D eigenvalue weighted by Crippen LogP contribution is 2.18. The molecule has 0 amide bonds. The maximum Gasteiger partial charge on any atom is 0.339 e. The third-order valence-electron chi connectivity index (χ3n) is 1.81. The van der Waals surface area contributed by atoms with Gasteiger partial charge in [0.25, 0.3) is 0 Å². The third-order valence-corrected chi connectivity index (χ3v) is 1.81. The molecular weight excluding hydrogens is 168 g/mol. The Hall–Kier alpha value is -1.58. The van der Waals surface area contributed by atoms with E-state index in [9.17, 15) is 4.79 Å². The second-order valence-corrected chi connectivity index (χ2v) is 2.83. The van der Waals surface area contributed by atoms with Gasteiger partial charge in [-0.3, -0.25) is 4.98 Å². The first-order chi connectivity index (χ1) is 6.06. The molecule has 0 aliphatic heterocycles. The van der Waals surface area contributed by atoms with Crippen LogP contribution in [0.15, 0.2) is 6.07 Å².